The fraction of sp³-hybridized carbons (Fsp3) is 0.556. The molecule has 0 saturated heterocycles. The summed E-state index contributed by atoms with van der Waals surface area (Å²) in [7, 11) is 4.48. The van der Waals surface area contributed by atoms with Crippen LogP contribution in [-0.2, 0) is 4.79 Å². The predicted molar refractivity (Wildman–Crippen MR) is 95.5 cm³/mol. The van der Waals surface area contributed by atoms with Gasteiger partial charge >= 0.3 is 0 Å². The normalized spacial score (nSPS) is 10.8. The van der Waals surface area contributed by atoms with Crippen LogP contribution in [0.5, 0.6) is 17.2 Å². The highest BCUT2D eigenvalue weighted by molar-refractivity contribution is 5.95. The fourth-order valence-electron chi connectivity index (χ4n) is 2.24. The molecule has 0 aliphatic rings. The van der Waals surface area contributed by atoms with E-state index in [4.69, 9.17) is 14.2 Å². The molecule has 0 unspecified atom stereocenters. The van der Waals surface area contributed by atoms with Crippen molar-refractivity contribution in [2.75, 3.05) is 34.4 Å². The average Bonchev–Trinajstić information content (AvgIpc) is 2.55. The standard InChI is InChI=1S/C18H28N2O5/c1-18(2,3)11-15(21)19-7-8-20-17(22)12-9-13(23-4)16(25-6)14(10-12)24-5/h9-10H,7-8,11H2,1-6H3,(H,19,21)(H,20,22). The summed E-state index contributed by atoms with van der Waals surface area (Å²) in [4.78, 5) is 24.0. The lowest BCUT2D eigenvalue weighted by molar-refractivity contribution is -0.122. The topological polar surface area (TPSA) is 85.9 Å². The molecule has 0 atom stereocenters. The summed E-state index contributed by atoms with van der Waals surface area (Å²) < 4.78 is 15.7. The molecule has 0 heterocycles. The second-order valence-electron chi connectivity index (χ2n) is 6.76. The third-order valence-corrected chi connectivity index (χ3v) is 3.35. The largest absolute Gasteiger partial charge is 0.493 e. The van der Waals surface area contributed by atoms with Crippen LogP contribution < -0.4 is 24.8 Å². The summed E-state index contributed by atoms with van der Waals surface area (Å²) in [6, 6.07) is 3.16. The van der Waals surface area contributed by atoms with E-state index in [-0.39, 0.29) is 17.2 Å². The zero-order chi connectivity index (χ0) is 19.0. The molecule has 1 aromatic carbocycles. The molecule has 140 valence electrons. The van der Waals surface area contributed by atoms with E-state index in [2.05, 4.69) is 10.6 Å². The van der Waals surface area contributed by atoms with E-state index in [1.807, 2.05) is 20.8 Å². The summed E-state index contributed by atoms with van der Waals surface area (Å²) in [6.07, 6.45) is 0.438. The number of carbonyl (C=O) groups is 2. The molecule has 2 N–H and O–H groups in total. The molecule has 0 bridgehead atoms. The second kappa shape index (κ2) is 9.15. The van der Waals surface area contributed by atoms with Crippen LogP contribution in [0.2, 0.25) is 0 Å². The Hall–Kier alpha value is -2.44. The molecule has 0 aromatic heterocycles. The van der Waals surface area contributed by atoms with Crippen molar-refractivity contribution in [3.05, 3.63) is 17.7 Å². The highest BCUT2D eigenvalue weighted by Gasteiger charge is 2.17. The first-order valence-electron chi connectivity index (χ1n) is 8.06. The highest BCUT2D eigenvalue weighted by atomic mass is 16.5. The maximum absolute atomic E-state index is 12.3. The van der Waals surface area contributed by atoms with E-state index in [0.29, 0.717) is 42.3 Å². The van der Waals surface area contributed by atoms with Gasteiger partial charge in [0.1, 0.15) is 0 Å². The van der Waals surface area contributed by atoms with Gasteiger partial charge in [-0.05, 0) is 17.5 Å². The molecule has 0 spiro atoms. The Balaban J connectivity index is 2.62. The van der Waals surface area contributed by atoms with Gasteiger partial charge < -0.3 is 24.8 Å². The average molecular weight is 352 g/mol. The van der Waals surface area contributed by atoms with Gasteiger partial charge in [0.25, 0.3) is 5.91 Å². The molecular formula is C18H28N2O5. The van der Waals surface area contributed by atoms with Crippen LogP contribution in [0.3, 0.4) is 0 Å². The van der Waals surface area contributed by atoms with E-state index in [1.165, 1.54) is 21.3 Å². The molecule has 1 rings (SSSR count). The van der Waals surface area contributed by atoms with Gasteiger partial charge in [-0.25, -0.2) is 0 Å². The number of benzene rings is 1. The number of amides is 2. The summed E-state index contributed by atoms with van der Waals surface area (Å²) in [5.74, 6) is 0.922. The minimum Gasteiger partial charge on any atom is -0.493 e. The van der Waals surface area contributed by atoms with Crippen molar-refractivity contribution in [3.8, 4) is 17.2 Å². The first-order valence-corrected chi connectivity index (χ1v) is 8.06. The Labute approximate surface area is 149 Å². The van der Waals surface area contributed by atoms with Gasteiger partial charge in [0.05, 0.1) is 21.3 Å². The van der Waals surface area contributed by atoms with Gasteiger partial charge in [-0.3, -0.25) is 9.59 Å². The minimum absolute atomic E-state index is 0.0328. The SMILES string of the molecule is COc1cc(C(=O)NCCNC(=O)CC(C)(C)C)cc(OC)c1OC. The maximum atomic E-state index is 12.3. The van der Waals surface area contributed by atoms with Crippen molar-refractivity contribution in [1.82, 2.24) is 10.6 Å². The van der Waals surface area contributed by atoms with Crippen LogP contribution in [0, 0.1) is 5.41 Å². The van der Waals surface area contributed by atoms with Crippen molar-refractivity contribution in [3.63, 3.8) is 0 Å². The maximum Gasteiger partial charge on any atom is 0.251 e. The summed E-state index contributed by atoms with van der Waals surface area (Å²) in [6.45, 7) is 6.69. The number of nitrogens with one attached hydrogen (secondary N) is 2. The third-order valence-electron chi connectivity index (χ3n) is 3.35. The van der Waals surface area contributed by atoms with Gasteiger partial charge in [-0.1, -0.05) is 20.8 Å². The predicted octanol–water partition coefficient (Wildman–Crippen LogP) is 1.99. The van der Waals surface area contributed by atoms with Crippen LogP contribution in [0.25, 0.3) is 0 Å². The van der Waals surface area contributed by atoms with Crippen molar-refractivity contribution >= 4 is 11.8 Å². The van der Waals surface area contributed by atoms with Gasteiger partial charge in [-0.2, -0.15) is 0 Å². The van der Waals surface area contributed by atoms with Gasteiger partial charge in [0, 0.05) is 25.1 Å². The van der Waals surface area contributed by atoms with Crippen LogP contribution in [0.4, 0.5) is 0 Å². The summed E-state index contributed by atoms with van der Waals surface area (Å²) in [5.41, 5.74) is 0.319. The Morgan fingerprint density at radius 2 is 1.44 bits per heavy atom. The monoisotopic (exact) mass is 352 g/mol. The molecular weight excluding hydrogens is 324 g/mol. The Morgan fingerprint density at radius 3 is 1.88 bits per heavy atom. The quantitative estimate of drug-likeness (QED) is 0.699. The molecule has 0 aliphatic heterocycles. The van der Waals surface area contributed by atoms with Gasteiger partial charge in [0.2, 0.25) is 11.7 Å². The number of ether oxygens (including phenoxy) is 3. The molecule has 7 nitrogen and oxygen atoms in total. The third kappa shape index (κ3) is 6.52. The van der Waals surface area contributed by atoms with E-state index >= 15 is 0 Å². The highest BCUT2D eigenvalue weighted by Crippen LogP contribution is 2.38. The molecule has 0 radical (unpaired) electrons. The van der Waals surface area contributed by atoms with E-state index in [0.717, 1.165) is 0 Å². The smallest absolute Gasteiger partial charge is 0.251 e. The minimum atomic E-state index is -0.288. The first-order chi connectivity index (χ1) is 11.7. The lowest BCUT2D eigenvalue weighted by Crippen LogP contribution is -2.36. The van der Waals surface area contributed by atoms with Crippen molar-refractivity contribution in [2.24, 2.45) is 5.41 Å². The molecule has 25 heavy (non-hydrogen) atoms. The zero-order valence-electron chi connectivity index (χ0n) is 15.8. The Bertz CT molecular complexity index is 583. The van der Waals surface area contributed by atoms with E-state index < -0.39 is 0 Å². The van der Waals surface area contributed by atoms with Crippen molar-refractivity contribution in [1.29, 1.82) is 0 Å². The second-order valence-corrected chi connectivity index (χ2v) is 6.76. The number of rotatable bonds is 8. The lowest BCUT2D eigenvalue weighted by Gasteiger charge is -2.17. The molecule has 0 fully saturated rings. The number of carbonyl (C=O) groups excluding carboxylic acids is 2. The van der Waals surface area contributed by atoms with Gasteiger partial charge in [0.15, 0.2) is 11.5 Å². The Kier molecular flexibility index (Phi) is 7.54. The number of methoxy groups -OCH3 is 3. The summed E-state index contributed by atoms with van der Waals surface area (Å²) >= 11 is 0. The van der Waals surface area contributed by atoms with E-state index in [1.54, 1.807) is 12.1 Å². The first kappa shape index (κ1) is 20.6. The van der Waals surface area contributed by atoms with Crippen LogP contribution >= 0.6 is 0 Å². The lowest BCUT2D eigenvalue weighted by atomic mass is 9.92. The molecule has 7 heteroatoms. The number of hydrogen-bond acceptors (Lipinski definition) is 5. The zero-order valence-corrected chi connectivity index (χ0v) is 15.8. The summed E-state index contributed by atoms with van der Waals surface area (Å²) in [5, 5.41) is 5.54. The van der Waals surface area contributed by atoms with Crippen LogP contribution in [0.1, 0.15) is 37.6 Å². The fourth-order valence-corrected chi connectivity index (χ4v) is 2.24. The number of hydrogen-bond donors (Lipinski definition) is 2. The van der Waals surface area contributed by atoms with Crippen LogP contribution in [0.15, 0.2) is 12.1 Å². The van der Waals surface area contributed by atoms with Gasteiger partial charge in [-0.15, -0.1) is 0 Å². The van der Waals surface area contributed by atoms with Crippen molar-refractivity contribution < 1.29 is 23.8 Å². The van der Waals surface area contributed by atoms with Crippen LogP contribution in [-0.4, -0.2) is 46.2 Å². The molecule has 1 aromatic rings. The molecule has 0 aliphatic carbocycles. The Morgan fingerprint density at radius 1 is 0.920 bits per heavy atom. The van der Waals surface area contributed by atoms with Crippen molar-refractivity contribution in [2.45, 2.75) is 27.2 Å². The molecule has 0 saturated carbocycles. The molecule has 2 amide bonds. The van der Waals surface area contributed by atoms with E-state index in [9.17, 15) is 9.59 Å².